The number of aromatic nitrogens is 1. The summed E-state index contributed by atoms with van der Waals surface area (Å²) >= 11 is 0. The minimum absolute atomic E-state index is 0.322. The lowest BCUT2D eigenvalue weighted by molar-refractivity contribution is 0.111. The molecule has 3 heteroatoms. The zero-order chi connectivity index (χ0) is 10.8. The standard InChI is InChI=1S/C12H11NO2/c1-8-3-4-10(5-9(8)2)12-13-11(6-14)7-15-12/h3-7H,1-2H3. The molecule has 1 aromatic carbocycles. The molecule has 3 nitrogen and oxygen atoms in total. The lowest BCUT2D eigenvalue weighted by Crippen LogP contribution is -1.84. The lowest BCUT2D eigenvalue weighted by Gasteiger charge is -2.00. The third-order valence-electron chi connectivity index (χ3n) is 2.40. The molecule has 0 aliphatic rings. The van der Waals surface area contributed by atoms with Gasteiger partial charge in [-0.15, -0.1) is 0 Å². The van der Waals surface area contributed by atoms with Crippen molar-refractivity contribution < 1.29 is 9.21 Å². The molecule has 2 rings (SSSR count). The smallest absolute Gasteiger partial charge is 0.226 e. The van der Waals surface area contributed by atoms with E-state index >= 15 is 0 Å². The summed E-state index contributed by atoms with van der Waals surface area (Å²) in [5, 5.41) is 0. The summed E-state index contributed by atoms with van der Waals surface area (Å²) in [4.78, 5) is 14.5. The summed E-state index contributed by atoms with van der Waals surface area (Å²) in [7, 11) is 0. The van der Waals surface area contributed by atoms with Crippen LogP contribution in [0.25, 0.3) is 11.5 Å². The van der Waals surface area contributed by atoms with Crippen LogP contribution in [-0.2, 0) is 0 Å². The van der Waals surface area contributed by atoms with Crippen molar-refractivity contribution in [2.75, 3.05) is 0 Å². The third kappa shape index (κ3) is 1.81. The van der Waals surface area contributed by atoms with Crippen LogP contribution in [0.5, 0.6) is 0 Å². The fourth-order valence-electron chi connectivity index (χ4n) is 1.35. The Balaban J connectivity index is 2.44. The Morgan fingerprint density at radius 3 is 2.67 bits per heavy atom. The number of aryl methyl sites for hydroxylation is 2. The van der Waals surface area contributed by atoms with Crippen molar-refractivity contribution >= 4 is 6.29 Å². The van der Waals surface area contributed by atoms with Gasteiger partial charge in [-0.25, -0.2) is 4.98 Å². The maximum Gasteiger partial charge on any atom is 0.226 e. The van der Waals surface area contributed by atoms with E-state index in [-0.39, 0.29) is 0 Å². The van der Waals surface area contributed by atoms with Crippen LogP contribution in [0.4, 0.5) is 0 Å². The summed E-state index contributed by atoms with van der Waals surface area (Å²) in [6.07, 6.45) is 2.03. The van der Waals surface area contributed by atoms with Crippen molar-refractivity contribution in [3.63, 3.8) is 0 Å². The van der Waals surface area contributed by atoms with E-state index in [0.29, 0.717) is 17.9 Å². The Bertz CT molecular complexity index is 500. The van der Waals surface area contributed by atoms with Crippen molar-refractivity contribution in [1.29, 1.82) is 0 Å². The van der Waals surface area contributed by atoms with Gasteiger partial charge in [0.2, 0.25) is 5.89 Å². The molecular formula is C12H11NO2. The van der Waals surface area contributed by atoms with Gasteiger partial charge in [-0.1, -0.05) is 6.07 Å². The van der Waals surface area contributed by atoms with Gasteiger partial charge in [-0.2, -0.15) is 0 Å². The normalized spacial score (nSPS) is 10.3. The van der Waals surface area contributed by atoms with Gasteiger partial charge in [0.05, 0.1) is 0 Å². The summed E-state index contributed by atoms with van der Waals surface area (Å²) in [5.74, 6) is 0.486. The van der Waals surface area contributed by atoms with E-state index in [4.69, 9.17) is 4.42 Å². The van der Waals surface area contributed by atoms with E-state index in [1.54, 1.807) is 0 Å². The average molecular weight is 201 g/mol. The molecule has 0 N–H and O–H groups in total. The molecule has 0 spiro atoms. The first-order valence-electron chi connectivity index (χ1n) is 4.69. The van der Waals surface area contributed by atoms with Gasteiger partial charge in [0, 0.05) is 5.56 Å². The number of carbonyl (C=O) groups is 1. The molecule has 0 atom stereocenters. The van der Waals surface area contributed by atoms with E-state index < -0.39 is 0 Å². The largest absolute Gasteiger partial charge is 0.444 e. The van der Waals surface area contributed by atoms with Crippen LogP contribution in [0.3, 0.4) is 0 Å². The van der Waals surface area contributed by atoms with Crippen LogP contribution in [0, 0.1) is 13.8 Å². The summed E-state index contributed by atoms with van der Waals surface area (Å²) in [5.41, 5.74) is 3.62. The highest BCUT2D eigenvalue weighted by Crippen LogP contribution is 2.20. The van der Waals surface area contributed by atoms with Crippen LogP contribution < -0.4 is 0 Å². The molecular weight excluding hydrogens is 190 g/mol. The molecule has 0 aliphatic carbocycles. The van der Waals surface area contributed by atoms with Gasteiger partial charge in [0.1, 0.15) is 12.0 Å². The zero-order valence-electron chi connectivity index (χ0n) is 8.65. The number of hydrogen-bond donors (Lipinski definition) is 0. The third-order valence-corrected chi connectivity index (χ3v) is 2.40. The molecule has 0 unspecified atom stereocenters. The second-order valence-electron chi connectivity index (χ2n) is 3.49. The van der Waals surface area contributed by atoms with Crippen molar-refractivity contribution in [1.82, 2.24) is 4.98 Å². The molecule has 0 amide bonds. The number of hydrogen-bond acceptors (Lipinski definition) is 3. The summed E-state index contributed by atoms with van der Waals surface area (Å²) in [6, 6.07) is 5.94. The number of aldehydes is 1. The van der Waals surface area contributed by atoms with E-state index in [2.05, 4.69) is 4.98 Å². The van der Waals surface area contributed by atoms with E-state index in [1.807, 2.05) is 32.0 Å². The minimum Gasteiger partial charge on any atom is -0.444 e. The maximum absolute atomic E-state index is 10.4. The van der Waals surface area contributed by atoms with Crippen molar-refractivity contribution in [2.45, 2.75) is 13.8 Å². The van der Waals surface area contributed by atoms with Crippen LogP contribution in [0.2, 0.25) is 0 Å². The van der Waals surface area contributed by atoms with E-state index in [9.17, 15) is 4.79 Å². The highest BCUT2D eigenvalue weighted by Gasteiger charge is 2.06. The molecule has 0 saturated heterocycles. The first-order valence-corrected chi connectivity index (χ1v) is 4.69. The highest BCUT2D eigenvalue weighted by molar-refractivity contribution is 5.72. The Hall–Kier alpha value is -1.90. The number of rotatable bonds is 2. The lowest BCUT2D eigenvalue weighted by atomic mass is 10.1. The highest BCUT2D eigenvalue weighted by atomic mass is 16.3. The Morgan fingerprint density at radius 2 is 2.07 bits per heavy atom. The first-order chi connectivity index (χ1) is 7.20. The molecule has 0 radical (unpaired) electrons. The molecule has 0 fully saturated rings. The second-order valence-corrected chi connectivity index (χ2v) is 3.49. The molecule has 1 aromatic heterocycles. The predicted molar refractivity (Wildman–Crippen MR) is 56.8 cm³/mol. The van der Waals surface area contributed by atoms with Gasteiger partial charge < -0.3 is 4.42 Å². The van der Waals surface area contributed by atoms with Crippen molar-refractivity contribution in [3.05, 3.63) is 41.3 Å². The minimum atomic E-state index is 0.322. The number of oxazole rings is 1. The zero-order valence-corrected chi connectivity index (χ0v) is 8.65. The summed E-state index contributed by atoms with van der Waals surface area (Å²) in [6.45, 7) is 4.08. The van der Waals surface area contributed by atoms with Gasteiger partial charge in [-0.3, -0.25) is 4.79 Å². The Kier molecular flexibility index (Phi) is 2.37. The fourth-order valence-corrected chi connectivity index (χ4v) is 1.35. The maximum atomic E-state index is 10.4. The number of carbonyl (C=O) groups excluding carboxylic acids is 1. The predicted octanol–water partition coefficient (Wildman–Crippen LogP) is 2.77. The topological polar surface area (TPSA) is 43.1 Å². The average Bonchev–Trinajstić information content (AvgIpc) is 2.70. The Labute approximate surface area is 87.8 Å². The molecule has 0 saturated carbocycles. The first kappa shape index (κ1) is 9.65. The van der Waals surface area contributed by atoms with Crippen molar-refractivity contribution in [2.24, 2.45) is 0 Å². The molecule has 0 bridgehead atoms. The SMILES string of the molecule is Cc1ccc(-c2nc(C=O)co2)cc1C. The number of benzene rings is 1. The Morgan fingerprint density at radius 1 is 1.27 bits per heavy atom. The van der Waals surface area contributed by atoms with E-state index in [1.165, 1.54) is 17.4 Å². The molecule has 2 aromatic rings. The van der Waals surface area contributed by atoms with Crippen LogP contribution in [-0.4, -0.2) is 11.3 Å². The van der Waals surface area contributed by atoms with Crippen LogP contribution in [0.15, 0.2) is 28.9 Å². The number of nitrogens with zero attached hydrogens (tertiary/aromatic N) is 1. The van der Waals surface area contributed by atoms with E-state index in [0.717, 1.165) is 5.56 Å². The molecule has 15 heavy (non-hydrogen) atoms. The second kappa shape index (κ2) is 3.69. The molecule has 1 heterocycles. The molecule has 0 aliphatic heterocycles. The quantitative estimate of drug-likeness (QED) is 0.701. The van der Waals surface area contributed by atoms with Crippen LogP contribution >= 0.6 is 0 Å². The van der Waals surface area contributed by atoms with Gasteiger partial charge in [-0.05, 0) is 37.1 Å². The molecule has 76 valence electrons. The fraction of sp³-hybridized carbons (Fsp3) is 0.167. The van der Waals surface area contributed by atoms with Crippen LogP contribution in [0.1, 0.15) is 21.6 Å². The summed E-state index contributed by atoms with van der Waals surface area (Å²) < 4.78 is 5.19. The van der Waals surface area contributed by atoms with Crippen molar-refractivity contribution in [3.8, 4) is 11.5 Å². The van der Waals surface area contributed by atoms with Gasteiger partial charge in [0.25, 0.3) is 0 Å². The monoisotopic (exact) mass is 201 g/mol. The van der Waals surface area contributed by atoms with Gasteiger partial charge >= 0.3 is 0 Å². The van der Waals surface area contributed by atoms with Gasteiger partial charge in [0.15, 0.2) is 6.29 Å².